The van der Waals surface area contributed by atoms with Gasteiger partial charge in [0, 0.05) is 12.6 Å². The molecule has 3 unspecified atom stereocenters. The second-order valence-corrected chi connectivity index (χ2v) is 7.87. The Bertz CT molecular complexity index is 268. The van der Waals surface area contributed by atoms with Crippen molar-refractivity contribution < 1.29 is 0 Å². The van der Waals surface area contributed by atoms with E-state index in [1.54, 1.807) is 0 Å². The second kappa shape index (κ2) is 6.58. The van der Waals surface area contributed by atoms with Crippen LogP contribution in [-0.4, -0.2) is 37.1 Å². The van der Waals surface area contributed by atoms with Crippen molar-refractivity contribution >= 4 is 0 Å². The fourth-order valence-electron chi connectivity index (χ4n) is 4.52. The Morgan fingerprint density at radius 3 is 2.63 bits per heavy atom. The lowest BCUT2D eigenvalue weighted by Crippen LogP contribution is -2.47. The summed E-state index contributed by atoms with van der Waals surface area (Å²) in [7, 11) is 0. The van der Waals surface area contributed by atoms with Crippen LogP contribution in [-0.2, 0) is 0 Å². The molecule has 2 rings (SSSR count). The molecule has 2 heteroatoms. The second-order valence-electron chi connectivity index (χ2n) is 7.87. The molecule has 2 aliphatic rings. The lowest BCUT2D eigenvalue weighted by atomic mass is 9.70. The van der Waals surface area contributed by atoms with Crippen LogP contribution in [0.25, 0.3) is 0 Å². The molecule has 0 amide bonds. The van der Waals surface area contributed by atoms with Gasteiger partial charge in [0.1, 0.15) is 0 Å². The molecule has 0 aromatic rings. The van der Waals surface area contributed by atoms with Gasteiger partial charge in [-0.25, -0.2) is 0 Å². The van der Waals surface area contributed by atoms with Crippen molar-refractivity contribution in [3.63, 3.8) is 0 Å². The number of hydrogen-bond donors (Lipinski definition) is 1. The van der Waals surface area contributed by atoms with Gasteiger partial charge >= 0.3 is 0 Å². The molecule has 0 bridgehead atoms. The van der Waals surface area contributed by atoms with E-state index in [9.17, 15) is 0 Å². The van der Waals surface area contributed by atoms with Gasteiger partial charge < -0.3 is 10.2 Å². The molecule has 0 aromatic heterocycles. The molecule has 1 aliphatic heterocycles. The van der Waals surface area contributed by atoms with Gasteiger partial charge in [-0.2, -0.15) is 0 Å². The monoisotopic (exact) mass is 266 g/mol. The minimum atomic E-state index is 0.542. The predicted molar refractivity (Wildman–Crippen MR) is 83.4 cm³/mol. The van der Waals surface area contributed by atoms with Gasteiger partial charge in [-0.05, 0) is 69.0 Å². The van der Waals surface area contributed by atoms with E-state index in [-0.39, 0.29) is 0 Å². The summed E-state index contributed by atoms with van der Waals surface area (Å²) in [5.41, 5.74) is 0.542. The zero-order valence-electron chi connectivity index (χ0n) is 13.5. The molecule has 1 saturated carbocycles. The first-order valence-corrected chi connectivity index (χ1v) is 8.45. The maximum Gasteiger partial charge on any atom is 0.0103 e. The summed E-state index contributed by atoms with van der Waals surface area (Å²) in [6.07, 6.45) is 7.01. The van der Waals surface area contributed by atoms with Crippen molar-refractivity contribution in [2.24, 2.45) is 17.3 Å². The standard InChI is InChI=1S/C17H34N2/c1-5-19(13-15-7-6-8-18-12-15)16-9-14(2)10-17(3,4)11-16/h14-16,18H,5-13H2,1-4H3. The van der Waals surface area contributed by atoms with Gasteiger partial charge in [-0.1, -0.05) is 27.7 Å². The van der Waals surface area contributed by atoms with Gasteiger partial charge in [0.25, 0.3) is 0 Å². The van der Waals surface area contributed by atoms with Gasteiger partial charge in [-0.3, -0.25) is 0 Å². The molecule has 3 atom stereocenters. The first-order valence-electron chi connectivity index (χ1n) is 8.45. The maximum absolute atomic E-state index is 3.57. The normalized spacial score (nSPS) is 35.5. The summed E-state index contributed by atoms with van der Waals surface area (Å²) >= 11 is 0. The number of nitrogens with one attached hydrogen (secondary N) is 1. The van der Waals surface area contributed by atoms with Crippen molar-refractivity contribution in [3.8, 4) is 0 Å². The van der Waals surface area contributed by atoms with E-state index in [1.165, 1.54) is 58.3 Å². The molecule has 1 aliphatic carbocycles. The zero-order chi connectivity index (χ0) is 13.9. The average Bonchev–Trinajstić information content (AvgIpc) is 2.34. The first kappa shape index (κ1) is 15.3. The van der Waals surface area contributed by atoms with E-state index >= 15 is 0 Å². The maximum atomic E-state index is 3.57. The number of piperidine rings is 1. The Kier molecular flexibility index (Phi) is 5.30. The fourth-order valence-corrected chi connectivity index (χ4v) is 4.52. The summed E-state index contributed by atoms with van der Waals surface area (Å²) in [6, 6.07) is 0.825. The molecule has 1 saturated heterocycles. The third kappa shape index (κ3) is 4.46. The quantitative estimate of drug-likeness (QED) is 0.837. The third-order valence-electron chi connectivity index (χ3n) is 5.18. The summed E-state index contributed by atoms with van der Waals surface area (Å²) in [5, 5.41) is 3.57. The summed E-state index contributed by atoms with van der Waals surface area (Å²) < 4.78 is 0. The van der Waals surface area contributed by atoms with E-state index in [2.05, 4.69) is 37.9 Å². The molecule has 0 radical (unpaired) electrons. The van der Waals surface area contributed by atoms with Gasteiger partial charge in [0.15, 0.2) is 0 Å². The van der Waals surface area contributed by atoms with Gasteiger partial charge in [0.2, 0.25) is 0 Å². The van der Waals surface area contributed by atoms with Crippen molar-refractivity contribution in [2.45, 2.75) is 65.8 Å². The van der Waals surface area contributed by atoms with Crippen LogP contribution in [0.1, 0.15) is 59.8 Å². The number of rotatable bonds is 4. The molecule has 1 heterocycles. The van der Waals surface area contributed by atoms with E-state index in [1.807, 2.05) is 0 Å². The molecule has 0 aromatic carbocycles. The Balaban J connectivity index is 1.92. The third-order valence-corrected chi connectivity index (χ3v) is 5.18. The molecule has 2 fully saturated rings. The highest BCUT2D eigenvalue weighted by Crippen LogP contribution is 2.40. The minimum absolute atomic E-state index is 0.542. The lowest BCUT2D eigenvalue weighted by molar-refractivity contribution is 0.0571. The highest BCUT2D eigenvalue weighted by molar-refractivity contribution is 4.88. The molecule has 1 N–H and O–H groups in total. The molecule has 112 valence electrons. The van der Waals surface area contributed by atoms with Crippen LogP contribution in [0.4, 0.5) is 0 Å². The highest BCUT2D eigenvalue weighted by Gasteiger charge is 2.35. The van der Waals surface area contributed by atoms with E-state index < -0.39 is 0 Å². The largest absolute Gasteiger partial charge is 0.316 e. The smallest absolute Gasteiger partial charge is 0.0103 e. The number of hydrogen-bond acceptors (Lipinski definition) is 2. The molecular formula is C17H34N2. The predicted octanol–water partition coefficient (Wildman–Crippen LogP) is 3.52. The Labute approximate surface area is 120 Å². The van der Waals surface area contributed by atoms with Crippen LogP contribution < -0.4 is 5.32 Å². The van der Waals surface area contributed by atoms with Crippen LogP contribution in [0.5, 0.6) is 0 Å². The molecular weight excluding hydrogens is 232 g/mol. The van der Waals surface area contributed by atoms with E-state index in [4.69, 9.17) is 0 Å². The Hall–Kier alpha value is -0.0800. The summed E-state index contributed by atoms with van der Waals surface area (Å²) in [5.74, 6) is 1.78. The topological polar surface area (TPSA) is 15.3 Å². The molecule has 0 spiro atoms. The van der Waals surface area contributed by atoms with Crippen molar-refractivity contribution in [1.29, 1.82) is 0 Å². The van der Waals surface area contributed by atoms with Crippen LogP contribution in [0.2, 0.25) is 0 Å². The van der Waals surface area contributed by atoms with E-state index in [0.29, 0.717) is 5.41 Å². The van der Waals surface area contributed by atoms with Crippen LogP contribution in [0.3, 0.4) is 0 Å². The zero-order valence-corrected chi connectivity index (χ0v) is 13.5. The van der Waals surface area contributed by atoms with Crippen LogP contribution in [0.15, 0.2) is 0 Å². The SMILES string of the molecule is CCN(CC1CCCNC1)C1CC(C)CC(C)(C)C1. The van der Waals surface area contributed by atoms with Gasteiger partial charge in [-0.15, -0.1) is 0 Å². The lowest BCUT2D eigenvalue weighted by Gasteiger charge is -2.45. The summed E-state index contributed by atoms with van der Waals surface area (Å²) in [4.78, 5) is 2.79. The molecule has 2 nitrogen and oxygen atoms in total. The Morgan fingerprint density at radius 1 is 1.26 bits per heavy atom. The first-order chi connectivity index (χ1) is 9.00. The number of nitrogens with zero attached hydrogens (tertiary/aromatic N) is 1. The highest BCUT2D eigenvalue weighted by atomic mass is 15.2. The Morgan fingerprint density at radius 2 is 2.05 bits per heavy atom. The minimum Gasteiger partial charge on any atom is -0.316 e. The summed E-state index contributed by atoms with van der Waals surface area (Å²) in [6.45, 7) is 14.7. The van der Waals surface area contributed by atoms with Gasteiger partial charge in [0.05, 0.1) is 0 Å². The fraction of sp³-hybridized carbons (Fsp3) is 1.00. The van der Waals surface area contributed by atoms with Crippen LogP contribution in [0, 0.1) is 17.3 Å². The van der Waals surface area contributed by atoms with Crippen LogP contribution >= 0.6 is 0 Å². The van der Waals surface area contributed by atoms with Crippen molar-refractivity contribution in [3.05, 3.63) is 0 Å². The van der Waals surface area contributed by atoms with Crippen molar-refractivity contribution in [2.75, 3.05) is 26.2 Å². The van der Waals surface area contributed by atoms with E-state index in [0.717, 1.165) is 17.9 Å². The average molecular weight is 266 g/mol. The molecule has 19 heavy (non-hydrogen) atoms. The van der Waals surface area contributed by atoms with Crippen molar-refractivity contribution in [1.82, 2.24) is 10.2 Å².